The Bertz CT molecular complexity index is 302. The van der Waals surface area contributed by atoms with Crippen LogP contribution < -0.4 is 5.84 Å². The lowest BCUT2D eigenvalue weighted by Gasteiger charge is -2.04. The molecule has 0 amide bonds. The molecule has 1 heterocycles. The van der Waals surface area contributed by atoms with E-state index in [0.717, 1.165) is 12.3 Å². The molecule has 0 aliphatic rings. The first kappa shape index (κ1) is 9.50. The molecule has 0 aromatic carbocycles. The quantitative estimate of drug-likeness (QED) is 0.412. The highest BCUT2D eigenvalue weighted by molar-refractivity contribution is 5.78. The smallest absolute Gasteiger partial charge is 0.323 e. The molecule has 70 valence electrons. The molecular weight excluding hydrogens is 183 g/mol. The fourth-order valence-corrected chi connectivity index (χ4v) is 0.735. The molecule has 1 aromatic heterocycles. The van der Waals surface area contributed by atoms with Crippen LogP contribution in [0.1, 0.15) is 11.3 Å². The summed E-state index contributed by atoms with van der Waals surface area (Å²) < 4.78 is 36.0. The van der Waals surface area contributed by atoms with Crippen LogP contribution in [0.25, 0.3) is 0 Å². The summed E-state index contributed by atoms with van der Waals surface area (Å²) in [6.07, 6.45) is -2.13. The second kappa shape index (κ2) is 3.42. The highest BCUT2D eigenvalue weighted by atomic mass is 19.4. The van der Waals surface area contributed by atoms with Crippen LogP contribution in [-0.2, 0) is 6.18 Å². The standard InChI is InChI=1S/C7H6F3N3/c8-7(9,10)6-2-1-5(3-12-6)4-13-11/h1-4H,11H2/b13-4-. The van der Waals surface area contributed by atoms with Crippen molar-refractivity contribution in [2.45, 2.75) is 6.18 Å². The predicted octanol–water partition coefficient (Wildman–Crippen LogP) is 1.39. The number of hydrazone groups is 1. The summed E-state index contributed by atoms with van der Waals surface area (Å²) in [4.78, 5) is 3.20. The third kappa shape index (κ3) is 2.43. The normalized spacial score (nSPS) is 12.2. The molecule has 0 aliphatic heterocycles. The van der Waals surface area contributed by atoms with E-state index in [9.17, 15) is 13.2 Å². The van der Waals surface area contributed by atoms with Gasteiger partial charge in [-0.3, -0.25) is 4.98 Å². The highest BCUT2D eigenvalue weighted by Crippen LogP contribution is 2.26. The van der Waals surface area contributed by atoms with Gasteiger partial charge < -0.3 is 5.84 Å². The molecule has 13 heavy (non-hydrogen) atoms. The van der Waals surface area contributed by atoms with Crippen LogP contribution in [0.2, 0.25) is 0 Å². The van der Waals surface area contributed by atoms with E-state index in [0.29, 0.717) is 5.56 Å². The summed E-state index contributed by atoms with van der Waals surface area (Å²) in [5, 5.41) is 3.15. The second-order valence-corrected chi connectivity index (χ2v) is 2.25. The van der Waals surface area contributed by atoms with Crippen molar-refractivity contribution in [3.63, 3.8) is 0 Å². The maximum absolute atomic E-state index is 12.0. The number of nitrogens with two attached hydrogens (primary N) is 1. The molecule has 3 nitrogen and oxygen atoms in total. The minimum Gasteiger partial charge on any atom is -0.323 e. The molecule has 6 heteroatoms. The van der Waals surface area contributed by atoms with Crippen molar-refractivity contribution in [3.8, 4) is 0 Å². The van der Waals surface area contributed by atoms with Gasteiger partial charge in [-0.25, -0.2) is 0 Å². The summed E-state index contributed by atoms with van der Waals surface area (Å²) in [5.74, 6) is 4.80. The number of rotatable bonds is 1. The number of nitrogens with zero attached hydrogens (tertiary/aromatic N) is 2. The highest BCUT2D eigenvalue weighted by Gasteiger charge is 2.31. The minimum atomic E-state index is -4.40. The van der Waals surface area contributed by atoms with Crippen LogP contribution in [0.3, 0.4) is 0 Å². The van der Waals surface area contributed by atoms with E-state index in [1.54, 1.807) is 0 Å². The maximum Gasteiger partial charge on any atom is 0.433 e. The van der Waals surface area contributed by atoms with Gasteiger partial charge in [0.1, 0.15) is 5.69 Å². The number of pyridine rings is 1. The first-order chi connectivity index (χ1) is 6.04. The average molecular weight is 189 g/mol. The van der Waals surface area contributed by atoms with E-state index in [4.69, 9.17) is 5.84 Å². The van der Waals surface area contributed by atoms with Crippen LogP contribution in [0.5, 0.6) is 0 Å². The van der Waals surface area contributed by atoms with Crippen molar-refractivity contribution in [3.05, 3.63) is 29.6 Å². The molecule has 2 N–H and O–H groups in total. The van der Waals surface area contributed by atoms with Crippen LogP contribution in [0, 0.1) is 0 Å². The number of hydrogen-bond donors (Lipinski definition) is 1. The lowest BCUT2D eigenvalue weighted by atomic mass is 10.2. The topological polar surface area (TPSA) is 51.3 Å². The van der Waals surface area contributed by atoms with E-state index in [1.165, 1.54) is 12.3 Å². The molecule has 0 bridgehead atoms. The summed E-state index contributed by atoms with van der Waals surface area (Å²) in [6.45, 7) is 0. The molecular formula is C7H6F3N3. The minimum absolute atomic E-state index is 0.426. The summed E-state index contributed by atoms with van der Waals surface area (Å²) in [7, 11) is 0. The fraction of sp³-hybridized carbons (Fsp3) is 0.143. The van der Waals surface area contributed by atoms with Crippen molar-refractivity contribution in [1.82, 2.24) is 4.98 Å². The molecule has 0 fully saturated rings. The first-order valence-corrected chi connectivity index (χ1v) is 3.30. The third-order valence-corrected chi connectivity index (χ3v) is 1.30. The van der Waals surface area contributed by atoms with Crippen LogP contribution in [0.4, 0.5) is 13.2 Å². The first-order valence-electron chi connectivity index (χ1n) is 3.30. The molecule has 0 aliphatic carbocycles. The zero-order valence-corrected chi connectivity index (χ0v) is 6.42. The van der Waals surface area contributed by atoms with Crippen molar-refractivity contribution < 1.29 is 13.2 Å². The maximum atomic E-state index is 12.0. The average Bonchev–Trinajstić information content (AvgIpc) is 2.04. The largest absolute Gasteiger partial charge is 0.433 e. The molecule has 1 aromatic rings. The van der Waals surface area contributed by atoms with Gasteiger partial charge in [-0.15, -0.1) is 0 Å². The van der Waals surface area contributed by atoms with Crippen molar-refractivity contribution in [2.24, 2.45) is 10.9 Å². The van der Waals surface area contributed by atoms with E-state index in [2.05, 4.69) is 10.1 Å². The molecule has 0 saturated carbocycles. The molecule has 0 spiro atoms. The molecule has 0 saturated heterocycles. The van der Waals surface area contributed by atoms with Gasteiger partial charge in [0, 0.05) is 11.8 Å². The van der Waals surface area contributed by atoms with E-state index in [-0.39, 0.29) is 0 Å². The van der Waals surface area contributed by atoms with Crippen molar-refractivity contribution in [2.75, 3.05) is 0 Å². The molecule has 1 rings (SSSR count). The lowest BCUT2D eigenvalue weighted by molar-refractivity contribution is -0.141. The van der Waals surface area contributed by atoms with Crippen LogP contribution in [0.15, 0.2) is 23.4 Å². The molecule has 0 atom stereocenters. The lowest BCUT2D eigenvalue weighted by Crippen LogP contribution is -2.07. The van der Waals surface area contributed by atoms with Gasteiger partial charge in [-0.05, 0) is 12.1 Å². The zero-order chi connectivity index (χ0) is 9.90. The summed E-state index contributed by atoms with van der Waals surface area (Å²) in [5.41, 5.74) is -0.503. The third-order valence-electron chi connectivity index (χ3n) is 1.30. The van der Waals surface area contributed by atoms with Gasteiger partial charge >= 0.3 is 6.18 Å². The van der Waals surface area contributed by atoms with Gasteiger partial charge in [0.15, 0.2) is 0 Å². The SMILES string of the molecule is N/N=C\c1ccc(C(F)(F)F)nc1. The Morgan fingerprint density at radius 2 is 2.08 bits per heavy atom. The van der Waals surface area contributed by atoms with Gasteiger partial charge in [-0.2, -0.15) is 18.3 Å². The van der Waals surface area contributed by atoms with Gasteiger partial charge in [0.05, 0.1) is 6.21 Å². The Morgan fingerprint density at radius 3 is 2.46 bits per heavy atom. The van der Waals surface area contributed by atoms with Crippen LogP contribution in [-0.4, -0.2) is 11.2 Å². The fourth-order valence-electron chi connectivity index (χ4n) is 0.735. The Morgan fingerprint density at radius 1 is 1.38 bits per heavy atom. The van der Waals surface area contributed by atoms with Crippen molar-refractivity contribution >= 4 is 6.21 Å². The summed E-state index contributed by atoms with van der Waals surface area (Å²) in [6, 6.07) is 2.11. The zero-order valence-electron chi connectivity index (χ0n) is 6.42. The predicted molar refractivity (Wildman–Crippen MR) is 41.0 cm³/mol. The Kier molecular flexibility index (Phi) is 2.50. The monoisotopic (exact) mass is 189 g/mol. The Balaban J connectivity index is 2.94. The number of hydrogen-bond acceptors (Lipinski definition) is 3. The number of aromatic nitrogens is 1. The summed E-state index contributed by atoms with van der Waals surface area (Å²) >= 11 is 0. The number of halogens is 3. The molecule has 0 unspecified atom stereocenters. The second-order valence-electron chi connectivity index (χ2n) is 2.25. The Labute approximate surface area is 72.1 Å². The number of alkyl halides is 3. The van der Waals surface area contributed by atoms with Gasteiger partial charge in [0.25, 0.3) is 0 Å². The Hall–Kier alpha value is -1.59. The van der Waals surface area contributed by atoms with E-state index in [1.807, 2.05) is 0 Å². The van der Waals surface area contributed by atoms with Crippen molar-refractivity contribution in [1.29, 1.82) is 0 Å². The van der Waals surface area contributed by atoms with Gasteiger partial charge in [-0.1, -0.05) is 0 Å². The molecule has 0 radical (unpaired) electrons. The van der Waals surface area contributed by atoms with Gasteiger partial charge in [0.2, 0.25) is 0 Å². The van der Waals surface area contributed by atoms with E-state index < -0.39 is 11.9 Å². The van der Waals surface area contributed by atoms with Crippen LogP contribution >= 0.6 is 0 Å². The van der Waals surface area contributed by atoms with E-state index >= 15 is 0 Å².